The van der Waals surface area contributed by atoms with Gasteiger partial charge in [0.1, 0.15) is 5.84 Å². The lowest BCUT2D eigenvalue weighted by Gasteiger charge is -2.22. The van der Waals surface area contributed by atoms with E-state index in [1.807, 2.05) is 29.2 Å². The van der Waals surface area contributed by atoms with Gasteiger partial charge in [-0.3, -0.25) is 9.59 Å². The first-order chi connectivity index (χ1) is 16.5. The first-order valence-corrected chi connectivity index (χ1v) is 12.1. The molecule has 0 aliphatic carbocycles. The zero-order valence-corrected chi connectivity index (χ0v) is 20.0. The fourth-order valence-electron chi connectivity index (χ4n) is 4.49. The summed E-state index contributed by atoms with van der Waals surface area (Å²) in [5.41, 5.74) is 12.0. The summed E-state index contributed by atoms with van der Waals surface area (Å²) in [5.74, 6) is 0.165. The van der Waals surface area contributed by atoms with Crippen LogP contribution in [0.2, 0.25) is 0 Å². The van der Waals surface area contributed by atoms with Gasteiger partial charge in [0, 0.05) is 48.4 Å². The van der Waals surface area contributed by atoms with Crippen LogP contribution in [0.1, 0.15) is 60.2 Å². The molecule has 0 saturated heterocycles. The van der Waals surface area contributed by atoms with Crippen molar-refractivity contribution >= 4 is 35.1 Å². The highest BCUT2D eigenvalue weighted by atomic mass is 16.2. The molecule has 4 N–H and O–H groups in total. The van der Waals surface area contributed by atoms with E-state index in [0.29, 0.717) is 42.2 Å². The highest BCUT2D eigenvalue weighted by Gasteiger charge is 2.21. The molecule has 178 valence electrons. The molecule has 2 aliphatic heterocycles. The molecule has 7 nitrogen and oxygen atoms in total. The summed E-state index contributed by atoms with van der Waals surface area (Å²) >= 11 is 0. The van der Waals surface area contributed by atoms with E-state index in [1.165, 1.54) is 11.1 Å². The highest BCUT2D eigenvalue weighted by Crippen LogP contribution is 2.29. The predicted octanol–water partition coefficient (Wildman–Crippen LogP) is 4.01. The van der Waals surface area contributed by atoms with Crippen LogP contribution >= 0.6 is 0 Å². The first kappa shape index (κ1) is 23.7. The Bertz CT molecular complexity index is 1150. The molecule has 2 heterocycles. The monoisotopic (exact) mass is 459 g/mol. The number of hydrogen-bond donors (Lipinski definition) is 3. The van der Waals surface area contributed by atoms with Gasteiger partial charge in [0.2, 0.25) is 5.91 Å². The molecule has 2 aromatic rings. The third-order valence-corrected chi connectivity index (χ3v) is 6.16. The standard InChI is InChI=1S/C27H33N5O2/c1-3-11-32(12-4-2)27(34)22-13-19-5-6-20(15-24(19)31-25(28)16-22)26(33)30-23-8-7-21-17-29-10-9-18(21)14-23/h5-8,13-15,29H,3-4,9-12,16-17H2,1-2H3,(H2,28,31)(H,30,33). The summed E-state index contributed by atoms with van der Waals surface area (Å²) in [6.45, 7) is 7.37. The van der Waals surface area contributed by atoms with Crippen molar-refractivity contribution in [3.63, 3.8) is 0 Å². The number of nitrogens with zero attached hydrogens (tertiary/aromatic N) is 2. The molecule has 4 rings (SSSR count). The number of carbonyl (C=O) groups is 2. The number of hydrogen-bond acceptors (Lipinski definition) is 5. The Labute approximate surface area is 201 Å². The fraction of sp³-hybridized carbons (Fsp3) is 0.370. The molecule has 0 saturated carbocycles. The maximum absolute atomic E-state index is 13.1. The molecule has 0 radical (unpaired) electrons. The Kier molecular flexibility index (Phi) is 7.43. The number of amides is 2. The van der Waals surface area contributed by atoms with Crippen LogP contribution in [0.3, 0.4) is 0 Å². The number of aliphatic imine (C=N–C) groups is 1. The Morgan fingerprint density at radius 1 is 1.09 bits per heavy atom. The second-order valence-corrected chi connectivity index (χ2v) is 8.88. The summed E-state index contributed by atoms with van der Waals surface area (Å²) in [7, 11) is 0. The number of benzene rings is 2. The van der Waals surface area contributed by atoms with Crippen molar-refractivity contribution in [1.82, 2.24) is 10.2 Å². The van der Waals surface area contributed by atoms with Crippen LogP contribution in [0.15, 0.2) is 47.0 Å². The minimum atomic E-state index is -0.202. The maximum atomic E-state index is 13.1. The van der Waals surface area contributed by atoms with Crippen LogP contribution in [0.4, 0.5) is 11.4 Å². The summed E-state index contributed by atoms with van der Waals surface area (Å²) < 4.78 is 0. The molecule has 7 heteroatoms. The average molecular weight is 460 g/mol. The third-order valence-electron chi connectivity index (χ3n) is 6.16. The molecule has 0 unspecified atom stereocenters. The van der Waals surface area contributed by atoms with Crippen LogP contribution in [0.25, 0.3) is 6.08 Å². The summed E-state index contributed by atoms with van der Waals surface area (Å²) in [4.78, 5) is 32.5. The third kappa shape index (κ3) is 5.37. The van der Waals surface area contributed by atoms with E-state index in [0.717, 1.165) is 43.6 Å². The minimum absolute atomic E-state index is 0.000806. The maximum Gasteiger partial charge on any atom is 0.255 e. The molecular weight excluding hydrogens is 426 g/mol. The average Bonchev–Trinajstić information content (AvgIpc) is 3.00. The number of carbonyl (C=O) groups excluding carboxylic acids is 2. The van der Waals surface area contributed by atoms with Gasteiger partial charge in [-0.15, -0.1) is 0 Å². The van der Waals surface area contributed by atoms with Gasteiger partial charge in [-0.05, 0) is 67.3 Å². The smallest absolute Gasteiger partial charge is 0.255 e. The van der Waals surface area contributed by atoms with E-state index in [4.69, 9.17) is 5.73 Å². The van der Waals surface area contributed by atoms with Crippen LogP contribution < -0.4 is 16.4 Å². The van der Waals surface area contributed by atoms with Gasteiger partial charge in [-0.1, -0.05) is 26.0 Å². The normalized spacial score (nSPS) is 14.8. The van der Waals surface area contributed by atoms with Crippen molar-refractivity contribution in [2.45, 2.75) is 46.1 Å². The fourth-order valence-corrected chi connectivity index (χ4v) is 4.49. The van der Waals surface area contributed by atoms with Gasteiger partial charge in [-0.25, -0.2) is 4.99 Å². The van der Waals surface area contributed by atoms with E-state index in [9.17, 15) is 9.59 Å². The quantitative estimate of drug-likeness (QED) is 0.582. The molecule has 0 spiro atoms. The molecule has 0 fully saturated rings. The Balaban J connectivity index is 1.56. The molecule has 0 bridgehead atoms. The zero-order chi connectivity index (χ0) is 24.1. The van der Waals surface area contributed by atoms with Crippen molar-refractivity contribution in [2.75, 3.05) is 25.0 Å². The largest absolute Gasteiger partial charge is 0.387 e. The van der Waals surface area contributed by atoms with Crippen molar-refractivity contribution < 1.29 is 9.59 Å². The summed E-state index contributed by atoms with van der Waals surface area (Å²) in [6, 6.07) is 11.4. The predicted molar refractivity (Wildman–Crippen MR) is 137 cm³/mol. The van der Waals surface area contributed by atoms with Crippen LogP contribution in [0.5, 0.6) is 0 Å². The van der Waals surface area contributed by atoms with E-state index < -0.39 is 0 Å². The van der Waals surface area contributed by atoms with Crippen LogP contribution in [0, 0.1) is 0 Å². The Morgan fingerprint density at radius 2 is 1.88 bits per heavy atom. The number of fused-ring (bicyclic) bond motifs is 2. The van der Waals surface area contributed by atoms with Gasteiger partial charge in [0.15, 0.2) is 0 Å². The number of nitrogens with two attached hydrogens (primary N) is 1. The lowest BCUT2D eigenvalue weighted by Crippen LogP contribution is -2.34. The van der Waals surface area contributed by atoms with Crippen LogP contribution in [-0.4, -0.2) is 42.2 Å². The number of rotatable bonds is 7. The van der Waals surface area contributed by atoms with Crippen molar-refractivity contribution in [2.24, 2.45) is 10.7 Å². The summed E-state index contributed by atoms with van der Waals surface area (Å²) in [5, 5.41) is 6.35. The number of amidine groups is 1. The van der Waals surface area contributed by atoms with E-state index in [-0.39, 0.29) is 11.8 Å². The molecule has 2 aliphatic rings. The van der Waals surface area contributed by atoms with Gasteiger partial charge in [0.25, 0.3) is 5.91 Å². The molecule has 34 heavy (non-hydrogen) atoms. The molecule has 0 atom stereocenters. The molecule has 2 amide bonds. The van der Waals surface area contributed by atoms with Crippen LogP contribution in [-0.2, 0) is 17.8 Å². The first-order valence-electron chi connectivity index (χ1n) is 12.1. The van der Waals surface area contributed by atoms with E-state index in [2.05, 4.69) is 35.5 Å². The second kappa shape index (κ2) is 10.7. The Hall–Kier alpha value is -3.45. The van der Waals surface area contributed by atoms with Crippen molar-refractivity contribution in [3.05, 3.63) is 64.2 Å². The van der Waals surface area contributed by atoms with E-state index in [1.54, 1.807) is 12.1 Å². The lowest BCUT2D eigenvalue weighted by atomic mass is 10.0. The second-order valence-electron chi connectivity index (χ2n) is 8.88. The highest BCUT2D eigenvalue weighted by molar-refractivity contribution is 6.08. The topological polar surface area (TPSA) is 99.8 Å². The SMILES string of the molecule is CCCN(CCC)C(=O)C1=Cc2ccc(C(=O)Nc3ccc4c(c3)CCNC4)cc2N=C(N)C1. The van der Waals surface area contributed by atoms with Gasteiger partial charge >= 0.3 is 0 Å². The zero-order valence-electron chi connectivity index (χ0n) is 20.0. The molecule has 2 aromatic carbocycles. The number of anilines is 1. The molecule has 0 aromatic heterocycles. The van der Waals surface area contributed by atoms with Crippen molar-refractivity contribution in [3.8, 4) is 0 Å². The van der Waals surface area contributed by atoms with Crippen molar-refractivity contribution in [1.29, 1.82) is 0 Å². The van der Waals surface area contributed by atoms with Gasteiger partial charge in [-0.2, -0.15) is 0 Å². The van der Waals surface area contributed by atoms with Gasteiger partial charge in [0.05, 0.1) is 5.69 Å². The number of nitrogens with one attached hydrogen (secondary N) is 2. The minimum Gasteiger partial charge on any atom is -0.387 e. The lowest BCUT2D eigenvalue weighted by molar-refractivity contribution is -0.127. The summed E-state index contributed by atoms with van der Waals surface area (Å²) in [6.07, 6.45) is 4.91. The Morgan fingerprint density at radius 3 is 2.65 bits per heavy atom. The van der Waals surface area contributed by atoms with E-state index >= 15 is 0 Å². The van der Waals surface area contributed by atoms with Gasteiger partial charge < -0.3 is 21.3 Å². The molecular formula is C27H33N5O2.